The van der Waals surface area contributed by atoms with E-state index in [0.717, 1.165) is 40.7 Å². The van der Waals surface area contributed by atoms with Gasteiger partial charge >= 0.3 is 0 Å². The van der Waals surface area contributed by atoms with Crippen LogP contribution >= 0.6 is 0 Å². The molecule has 35 heavy (non-hydrogen) atoms. The predicted molar refractivity (Wildman–Crippen MR) is 142 cm³/mol. The molecule has 4 aromatic rings. The van der Waals surface area contributed by atoms with E-state index in [1.54, 1.807) is 0 Å². The highest BCUT2D eigenvalue weighted by Gasteiger charge is 2.26. The van der Waals surface area contributed by atoms with Gasteiger partial charge in [0.1, 0.15) is 13.2 Å². The fraction of sp³-hybridized carbons (Fsp3) is 0.250. The third-order valence-corrected chi connectivity index (χ3v) is 6.47. The van der Waals surface area contributed by atoms with Crippen LogP contribution < -0.4 is 14.8 Å². The minimum atomic E-state index is 0.0292. The lowest BCUT2D eigenvalue weighted by Gasteiger charge is -2.25. The molecule has 4 aromatic carbocycles. The molecule has 1 atom stereocenters. The van der Waals surface area contributed by atoms with Crippen LogP contribution in [0.15, 0.2) is 103 Å². The summed E-state index contributed by atoms with van der Waals surface area (Å²) in [6.45, 7) is 4.14. The maximum Gasteiger partial charge on any atom is 0.166 e. The smallest absolute Gasteiger partial charge is 0.166 e. The Hall–Kier alpha value is -3.56. The molecule has 5 rings (SSSR count). The van der Waals surface area contributed by atoms with Crippen molar-refractivity contribution in [2.45, 2.75) is 39.0 Å². The molecule has 1 fully saturated rings. The zero-order valence-corrected chi connectivity index (χ0v) is 20.3. The molecule has 3 heteroatoms. The fourth-order valence-corrected chi connectivity index (χ4v) is 4.36. The first-order valence-electron chi connectivity index (χ1n) is 12.5. The van der Waals surface area contributed by atoms with Crippen LogP contribution in [0.1, 0.15) is 46.7 Å². The monoisotopic (exact) mass is 463 g/mol. The van der Waals surface area contributed by atoms with E-state index in [2.05, 4.69) is 72.9 Å². The minimum absolute atomic E-state index is 0.0292. The number of nitrogens with one attached hydrogen (secondary N) is 1. The summed E-state index contributed by atoms with van der Waals surface area (Å²) in [7, 11) is 0. The Labute approximate surface area is 208 Å². The summed E-state index contributed by atoms with van der Waals surface area (Å²) in [5.41, 5.74) is 5.88. The second-order valence-electron chi connectivity index (χ2n) is 9.42. The summed E-state index contributed by atoms with van der Waals surface area (Å²) in [6, 6.07) is 35.6. The van der Waals surface area contributed by atoms with Crippen LogP contribution in [-0.4, -0.2) is 6.54 Å². The van der Waals surface area contributed by atoms with Crippen LogP contribution in [0.5, 0.6) is 11.5 Å². The van der Waals surface area contributed by atoms with Crippen LogP contribution in [0.2, 0.25) is 0 Å². The summed E-state index contributed by atoms with van der Waals surface area (Å²) in [5.74, 6) is 2.35. The first-order valence-corrected chi connectivity index (χ1v) is 12.5. The Morgan fingerprint density at radius 2 is 1.40 bits per heavy atom. The van der Waals surface area contributed by atoms with Crippen molar-refractivity contribution in [1.29, 1.82) is 0 Å². The van der Waals surface area contributed by atoms with Gasteiger partial charge in [0.15, 0.2) is 11.5 Å². The first kappa shape index (κ1) is 23.2. The van der Waals surface area contributed by atoms with Gasteiger partial charge in [0.2, 0.25) is 0 Å². The second-order valence-corrected chi connectivity index (χ2v) is 9.42. The van der Waals surface area contributed by atoms with Crippen LogP contribution in [-0.2, 0) is 13.2 Å². The molecular formula is C32H33NO2. The van der Waals surface area contributed by atoms with E-state index in [1.165, 1.54) is 24.0 Å². The molecular weight excluding hydrogens is 430 g/mol. The highest BCUT2D eigenvalue weighted by atomic mass is 16.5. The molecule has 0 amide bonds. The van der Waals surface area contributed by atoms with Crippen molar-refractivity contribution in [3.8, 4) is 11.5 Å². The van der Waals surface area contributed by atoms with Gasteiger partial charge in [0.25, 0.3) is 0 Å². The highest BCUT2D eigenvalue weighted by molar-refractivity contribution is 5.51. The molecule has 0 radical (unpaired) electrons. The molecule has 0 aromatic heterocycles. The van der Waals surface area contributed by atoms with Gasteiger partial charge < -0.3 is 14.8 Å². The zero-order valence-electron chi connectivity index (χ0n) is 20.3. The van der Waals surface area contributed by atoms with Gasteiger partial charge in [-0.2, -0.15) is 0 Å². The average Bonchev–Trinajstić information content (AvgIpc) is 3.73. The van der Waals surface area contributed by atoms with Crippen LogP contribution in [0.3, 0.4) is 0 Å². The zero-order chi connectivity index (χ0) is 23.9. The Morgan fingerprint density at radius 3 is 2.06 bits per heavy atom. The third-order valence-electron chi connectivity index (χ3n) is 6.47. The lowest BCUT2D eigenvalue weighted by atomic mass is 9.96. The molecule has 178 valence electrons. The van der Waals surface area contributed by atoms with Crippen LogP contribution in [0, 0.1) is 12.8 Å². The molecule has 1 aliphatic rings. The molecule has 0 saturated heterocycles. The van der Waals surface area contributed by atoms with Crippen molar-refractivity contribution in [3.63, 3.8) is 0 Å². The van der Waals surface area contributed by atoms with Crippen molar-refractivity contribution in [3.05, 3.63) is 131 Å². The van der Waals surface area contributed by atoms with E-state index in [-0.39, 0.29) is 6.04 Å². The molecule has 0 aliphatic heterocycles. The van der Waals surface area contributed by atoms with E-state index in [4.69, 9.17) is 9.47 Å². The number of para-hydroxylation sites is 1. The molecule has 0 spiro atoms. The standard InChI is InChI=1S/C32H33NO2/c1-24-10-8-15-28(20-24)31(33-21-25-18-19-25)29-16-9-17-30(34-22-26-11-4-2-5-12-26)32(29)35-23-27-13-6-3-7-14-27/h2-17,20,25,31,33H,18-19,21-23H2,1H3. The number of aryl methyl sites for hydroxylation is 1. The Balaban J connectivity index is 1.49. The fourth-order valence-electron chi connectivity index (χ4n) is 4.36. The maximum absolute atomic E-state index is 6.53. The van der Waals surface area contributed by atoms with Gasteiger partial charge in [-0.15, -0.1) is 0 Å². The topological polar surface area (TPSA) is 30.5 Å². The van der Waals surface area contributed by atoms with Crippen molar-refractivity contribution < 1.29 is 9.47 Å². The van der Waals surface area contributed by atoms with Crippen LogP contribution in [0.25, 0.3) is 0 Å². The van der Waals surface area contributed by atoms with E-state index in [0.29, 0.717) is 13.2 Å². The number of ether oxygens (including phenoxy) is 2. The Bertz CT molecular complexity index is 1220. The lowest BCUT2D eigenvalue weighted by Crippen LogP contribution is -2.25. The van der Waals surface area contributed by atoms with Gasteiger partial charge in [-0.3, -0.25) is 0 Å². The molecule has 1 N–H and O–H groups in total. The molecule has 1 aliphatic carbocycles. The number of hydrogen-bond donors (Lipinski definition) is 1. The Morgan fingerprint density at radius 1 is 0.743 bits per heavy atom. The van der Waals surface area contributed by atoms with E-state index in [1.807, 2.05) is 42.5 Å². The van der Waals surface area contributed by atoms with Crippen molar-refractivity contribution in [2.24, 2.45) is 5.92 Å². The van der Waals surface area contributed by atoms with Gasteiger partial charge in [0, 0.05) is 5.56 Å². The van der Waals surface area contributed by atoms with Crippen molar-refractivity contribution in [2.75, 3.05) is 6.54 Å². The molecule has 0 bridgehead atoms. The SMILES string of the molecule is Cc1cccc(C(NCC2CC2)c2cccc(OCc3ccccc3)c2OCc2ccccc2)c1. The predicted octanol–water partition coefficient (Wildman–Crippen LogP) is 7.24. The van der Waals surface area contributed by atoms with Gasteiger partial charge in [0.05, 0.1) is 6.04 Å². The number of benzene rings is 4. The largest absolute Gasteiger partial charge is 0.485 e. The van der Waals surface area contributed by atoms with Gasteiger partial charge in [-0.25, -0.2) is 0 Å². The van der Waals surface area contributed by atoms with Crippen molar-refractivity contribution >= 4 is 0 Å². The molecule has 0 heterocycles. The van der Waals surface area contributed by atoms with E-state index >= 15 is 0 Å². The summed E-state index contributed by atoms with van der Waals surface area (Å²) < 4.78 is 12.9. The van der Waals surface area contributed by atoms with E-state index < -0.39 is 0 Å². The number of rotatable bonds is 11. The van der Waals surface area contributed by atoms with E-state index in [9.17, 15) is 0 Å². The maximum atomic E-state index is 6.53. The van der Waals surface area contributed by atoms with Crippen LogP contribution in [0.4, 0.5) is 0 Å². The van der Waals surface area contributed by atoms with Gasteiger partial charge in [-0.1, -0.05) is 103 Å². The number of hydrogen-bond acceptors (Lipinski definition) is 3. The summed E-state index contributed by atoms with van der Waals surface area (Å²) >= 11 is 0. The highest BCUT2D eigenvalue weighted by Crippen LogP contribution is 2.39. The molecule has 3 nitrogen and oxygen atoms in total. The quantitative estimate of drug-likeness (QED) is 0.254. The third kappa shape index (κ3) is 6.32. The molecule has 1 saturated carbocycles. The van der Waals surface area contributed by atoms with Crippen molar-refractivity contribution in [1.82, 2.24) is 5.32 Å². The molecule has 1 unspecified atom stereocenters. The summed E-state index contributed by atoms with van der Waals surface area (Å²) in [6.07, 6.45) is 2.62. The summed E-state index contributed by atoms with van der Waals surface area (Å²) in [4.78, 5) is 0. The lowest BCUT2D eigenvalue weighted by molar-refractivity contribution is 0.252. The first-order chi connectivity index (χ1) is 17.3. The second kappa shape index (κ2) is 11.2. The Kier molecular flexibility index (Phi) is 7.45. The summed E-state index contributed by atoms with van der Waals surface area (Å²) in [5, 5.41) is 3.85. The average molecular weight is 464 g/mol. The normalized spacial score (nSPS) is 13.9. The minimum Gasteiger partial charge on any atom is -0.485 e. The van der Waals surface area contributed by atoms with Gasteiger partial charge in [-0.05, 0) is 55.0 Å².